The summed E-state index contributed by atoms with van der Waals surface area (Å²) in [5.74, 6) is 0.824. The second kappa shape index (κ2) is 8.61. The quantitative estimate of drug-likeness (QED) is 0.389. The van der Waals surface area contributed by atoms with Crippen molar-refractivity contribution in [2.75, 3.05) is 23.3 Å². The number of hydrogen-bond acceptors (Lipinski definition) is 6. The van der Waals surface area contributed by atoms with Crippen LogP contribution in [0.3, 0.4) is 0 Å². The molecule has 0 atom stereocenters. The maximum Gasteiger partial charge on any atom is 0.189 e. The van der Waals surface area contributed by atoms with Gasteiger partial charge in [-0.05, 0) is 43.5 Å². The molecule has 0 aliphatic carbocycles. The lowest BCUT2D eigenvalue weighted by Crippen LogP contribution is -2.24. The number of aromatic nitrogens is 4. The van der Waals surface area contributed by atoms with Crippen LogP contribution in [0, 0.1) is 6.92 Å². The number of anilines is 3. The number of nitrogens with zero attached hydrogens (tertiary/aromatic N) is 4. The minimum Gasteiger partial charge on any atom is -0.371 e. The first-order valence-electron chi connectivity index (χ1n) is 10.1. The van der Waals surface area contributed by atoms with Crippen LogP contribution >= 0.6 is 11.3 Å². The normalized spacial score (nSPS) is 11.1. The number of pyridine rings is 1. The smallest absolute Gasteiger partial charge is 0.189 e. The van der Waals surface area contributed by atoms with E-state index in [1.54, 1.807) is 11.3 Å². The molecule has 3 aromatic heterocycles. The van der Waals surface area contributed by atoms with Crippen molar-refractivity contribution in [2.24, 2.45) is 0 Å². The van der Waals surface area contributed by atoms with Crippen LogP contribution in [0.1, 0.15) is 32.4 Å². The van der Waals surface area contributed by atoms with Crippen LogP contribution < -0.4 is 10.2 Å². The fraction of sp³-hybridized carbons (Fsp3) is 0.318. The predicted octanol–water partition coefficient (Wildman–Crippen LogP) is 5.76. The number of hydrogen-bond donors (Lipinski definition) is 2. The van der Waals surface area contributed by atoms with Gasteiger partial charge in [-0.2, -0.15) is 5.10 Å². The maximum atomic E-state index is 4.73. The van der Waals surface area contributed by atoms with Gasteiger partial charge in [0.1, 0.15) is 5.82 Å². The van der Waals surface area contributed by atoms with Crippen LogP contribution in [0.25, 0.3) is 21.3 Å². The molecule has 0 fully saturated rings. The van der Waals surface area contributed by atoms with E-state index in [1.165, 1.54) is 5.69 Å². The Kier molecular flexibility index (Phi) is 5.76. The zero-order chi connectivity index (χ0) is 20.2. The number of aryl methyl sites for hydroxylation is 1. The van der Waals surface area contributed by atoms with E-state index in [1.807, 2.05) is 19.3 Å². The number of rotatable bonds is 8. The highest BCUT2D eigenvalue weighted by Crippen LogP contribution is 2.32. The molecule has 3 heterocycles. The molecule has 29 heavy (non-hydrogen) atoms. The first-order valence-corrected chi connectivity index (χ1v) is 10.9. The van der Waals surface area contributed by atoms with E-state index >= 15 is 0 Å². The Morgan fingerprint density at radius 2 is 1.93 bits per heavy atom. The first-order chi connectivity index (χ1) is 14.2. The highest BCUT2D eigenvalue weighted by atomic mass is 32.1. The van der Waals surface area contributed by atoms with Crippen LogP contribution in [-0.4, -0.2) is 33.3 Å². The molecule has 4 rings (SSSR count). The van der Waals surface area contributed by atoms with E-state index in [9.17, 15) is 0 Å². The van der Waals surface area contributed by atoms with E-state index in [0.717, 1.165) is 63.9 Å². The van der Waals surface area contributed by atoms with E-state index in [2.05, 4.69) is 69.6 Å². The van der Waals surface area contributed by atoms with Gasteiger partial charge in [0.15, 0.2) is 5.13 Å². The van der Waals surface area contributed by atoms with Gasteiger partial charge >= 0.3 is 0 Å². The summed E-state index contributed by atoms with van der Waals surface area (Å²) in [6, 6.07) is 10.5. The largest absolute Gasteiger partial charge is 0.371 e. The number of H-pyrrole nitrogens is 1. The number of nitrogens with one attached hydrogen (secondary N) is 2. The Hall–Kier alpha value is -2.93. The molecule has 0 spiro atoms. The molecule has 150 valence electrons. The molecule has 7 heteroatoms. The standard InChI is InChI=1S/C22H26N6S/c1-4-10-28(11-5-2)17-8-9-23-21(13-17)26-22-25-19-7-6-16(12-20(19)29-22)18-14-24-27-15(18)3/h6-9,12-14H,4-5,10-11H2,1-3H3,(H,24,27)(H,23,25,26). The topological polar surface area (TPSA) is 69.7 Å². The van der Waals surface area contributed by atoms with Crippen LogP contribution in [0.4, 0.5) is 16.6 Å². The molecule has 0 unspecified atom stereocenters. The van der Waals surface area contributed by atoms with E-state index in [0.29, 0.717) is 0 Å². The van der Waals surface area contributed by atoms with Gasteiger partial charge in [-0.25, -0.2) is 9.97 Å². The van der Waals surface area contributed by atoms with Crippen molar-refractivity contribution >= 4 is 38.2 Å². The Bertz CT molecular complexity index is 1090. The maximum absolute atomic E-state index is 4.73. The number of aromatic amines is 1. The molecule has 0 saturated heterocycles. The summed E-state index contributed by atoms with van der Waals surface area (Å²) in [4.78, 5) is 11.6. The summed E-state index contributed by atoms with van der Waals surface area (Å²) < 4.78 is 1.14. The second-order valence-electron chi connectivity index (χ2n) is 7.12. The summed E-state index contributed by atoms with van der Waals surface area (Å²) in [7, 11) is 0. The Labute approximate surface area is 175 Å². The summed E-state index contributed by atoms with van der Waals surface area (Å²) >= 11 is 1.64. The van der Waals surface area contributed by atoms with Gasteiger partial charge in [0.2, 0.25) is 0 Å². The highest BCUT2D eigenvalue weighted by molar-refractivity contribution is 7.22. The zero-order valence-electron chi connectivity index (χ0n) is 17.1. The lowest BCUT2D eigenvalue weighted by molar-refractivity contribution is 0.744. The van der Waals surface area contributed by atoms with Crippen molar-refractivity contribution < 1.29 is 0 Å². The van der Waals surface area contributed by atoms with Crippen molar-refractivity contribution in [1.82, 2.24) is 20.2 Å². The minimum atomic E-state index is 0.824. The molecule has 6 nitrogen and oxygen atoms in total. The van der Waals surface area contributed by atoms with E-state index < -0.39 is 0 Å². The van der Waals surface area contributed by atoms with Gasteiger partial charge in [0, 0.05) is 42.3 Å². The predicted molar refractivity (Wildman–Crippen MR) is 122 cm³/mol. The van der Waals surface area contributed by atoms with Crippen molar-refractivity contribution in [3.63, 3.8) is 0 Å². The van der Waals surface area contributed by atoms with Crippen molar-refractivity contribution in [3.8, 4) is 11.1 Å². The molecule has 0 aliphatic rings. The number of thiazole rings is 1. The minimum absolute atomic E-state index is 0.824. The summed E-state index contributed by atoms with van der Waals surface area (Å²) in [5, 5.41) is 11.4. The monoisotopic (exact) mass is 406 g/mol. The third-order valence-corrected chi connectivity index (χ3v) is 5.79. The van der Waals surface area contributed by atoms with Gasteiger partial charge in [-0.15, -0.1) is 0 Å². The molecule has 4 aromatic rings. The van der Waals surface area contributed by atoms with Gasteiger partial charge in [0.05, 0.1) is 16.4 Å². The third-order valence-electron chi connectivity index (χ3n) is 4.86. The van der Waals surface area contributed by atoms with Gasteiger partial charge < -0.3 is 10.2 Å². The van der Waals surface area contributed by atoms with Gasteiger partial charge in [-0.3, -0.25) is 5.10 Å². The Morgan fingerprint density at radius 3 is 2.66 bits per heavy atom. The zero-order valence-corrected chi connectivity index (χ0v) is 17.9. The van der Waals surface area contributed by atoms with Gasteiger partial charge in [0.25, 0.3) is 0 Å². The molecule has 2 N–H and O–H groups in total. The summed E-state index contributed by atoms with van der Waals surface area (Å²) in [5.41, 5.74) is 5.52. The Morgan fingerprint density at radius 1 is 1.10 bits per heavy atom. The SMILES string of the molecule is CCCN(CCC)c1ccnc(Nc2nc3ccc(-c4cn[nH]c4C)cc3s2)c1. The molecule has 0 radical (unpaired) electrons. The fourth-order valence-electron chi connectivity index (χ4n) is 3.49. The third kappa shape index (κ3) is 4.24. The molecule has 0 bridgehead atoms. The highest BCUT2D eigenvalue weighted by Gasteiger charge is 2.10. The number of benzene rings is 1. The molecule has 0 amide bonds. The molecule has 1 aromatic carbocycles. The van der Waals surface area contributed by atoms with E-state index in [4.69, 9.17) is 4.98 Å². The summed E-state index contributed by atoms with van der Waals surface area (Å²) in [6.45, 7) is 8.56. The molecule has 0 saturated carbocycles. The summed E-state index contributed by atoms with van der Waals surface area (Å²) in [6.07, 6.45) is 5.98. The Balaban J connectivity index is 1.58. The van der Waals surface area contributed by atoms with Gasteiger partial charge in [-0.1, -0.05) is 31.3 Å². The van der Waals surface area contributed by atoms with E-state index in [-0.39, 0.29) is 0 Å². The molecule has 0 aliphatic heterocycles. The average molecular weight is 407 g/mol. The first kappa shape index (κ1) is 19.4. The van der Waals surface area contributed by atoms with Crippen LogP contribution in [0.15, 0.2) is 42.7 Å². The molecular weight excluding hydrogens is 380 g/mol. The van der Waals surface area contributed by atoms with Crippen molar-refractivity contribution in [1.29, 1.82) is 0 Å². The lowest BCUT2D eigenvalue weighted by Gasteiger charge is -2.24. The van der Waals surface area contributed by atoms with Crippen LogP contribution in [0.2, 0.25) is 0 Å². The van der Waals surface area contributed by atoms with Crippen molar-refractivity contribution in [2.45, 2.75) is 33.6 Å². The van der Waals surface area contributed by atoms with Crippen LogP contribution in [0.5, 0.6) is 0 Å². The fourth-order valence-corrected chi connectivity index (χ4v) is 4.40. The van der Waals surface area contributed by atoms with Crippen LogP contribution in [-0.2, 0) is 0 Å². The van der Waals surface area contributed by atoms with Crippen molar-refractivity contribution in [3.05, 3.63) is 48.4 Å². The average Bonchev–Trinajstić information content (AvgIpc) is 3.32. The number of fused-ring (bicyclic) bond motifs is 1. The molecular formula is C22H26N6S. The lowest BCUT2D eigenvalue weighted by atomic mass is 10.1. The second-order valence-corrected chi connectivity index (χ2v) is 8.15.